The molecule has 0 saturated carbocycles. The molecule has 4 nitrogen and oxygen atoms in total. The van der Waals surface area contributed by atoms with Crippen LogP contribution < -0.4 is 5.73 Å². The third-order valence-electron chi connectivity index (χ3n) is 3.48. The van der Waals surface area contributed by atoms with Crippen molar-refractivity contribution >= 4 is 15.9 Å². The van der Waals surface area contributed by atoms with Gasteiger partial charge >= 0.3 is 0 Å². The summed E-state index contributed by atoms with van der Waals surface area (Å²) in [6.07, 6.45) is -0.106. The summed E-state index contributed by atoms with van der Waals surface area (Å²) in [6, 6.07) is 8.46. The van der Waals surface area contributed by atoms with Gasteiger partial charge in [-0.1, -0.05) is 28.1 Å². The molecule has 3 unspecified atom stereocenters. The van der Waals surface area contributed by atoms with E-state index in [0.29, 0.717) is 6.61 Å². The van der Waals surface area contributed by atoms with Crippen molar-refractivity contribution < 1.29 is 9.84 Å². The summed E-state index contributed by atoms with van der Waals surface area (Å²) in [5, 5.41) is 9.25. The van der Waals surface area contributed by atoms with Gasteiger partial charge in [0, 0.05) is 29.6 Å². The molecule has 1 saturated heterocycles. The molecule has 0 aromatic heterocycles. The fraction of sp³-hybridized carbons (Fsp3) is 0.571. The number of rotatable bonds is 4. The second-order valence-electron chi connectivity index (χ2n) is 5.03. The number of aliphatic hydroxyl groups is 1. The molecule has 1 fully saturated rings. The second-order valence-corrected chi connectivity index (χ2v) is 5.94. The number of morpholine rings is 1. The Morgan fingerprint density at radius 3 is 2.74 bits per heavy atom. The zero-order chi connectivity index (χ0) is 13.8. The Balaban J connectivity index is 2.17. The lowest BCUT2D eigenvalue weighted by Gasteiger charge is -2.39. The van der Waals surface area contributed by atoms with Crippen molar-refractivity contribution in [2.75, 3.05) is 26.3 Å². The van der Waals surface area contributed by atoms with E-state index in [-0.39, 0.29) is 24.8 Å². The maximum absolute atomic E-state index is 9.25. The van der Waals surface area contributed by atoms with Gasteiger partial charge in [-0.25, -0.2) is 0 Å². The summed E-state index contributed by atoms with van der Waals surface area (Å²) in [7, 11) is 0. The number of benzene rings is 1. The molecule has 0 spiro atoms. The average molecular weight is 329 g/mol. The summed E-state index contributed by atoms with van der Waals surface area (Å²) >= 11 is 3.45. The fourth-order valence-corrected chi connectivity index (χ4v) is 2.88. The standard InChI is InChI=1S/C14H21BrN2O2/c1-10(16)14(11-2-4-12(15)5-3-11)17-6-7-19-13(8-17)9-18/h2-5,10,13-14,18H,6-9,16H2,1H3. The molecule has 0 amide bonds. The van der Waals surface area contributed by atoms with Crippen molar-refractivity contribution in [2.24, 2.45) is 5.73 Å². The summed E-state index contributed by atoms with van der Waals surface area (Å²) in [5.41, 5.74) is 7.37. The van der Waals surface area contributed by atoms with Crippen LogP contribution in [0.1, 0.15) is 18.5 Å². The Kier molecular flexibility index (Phi) is 5.36. The molecule has 2 rings (SSSR count). The highest BCUT2D eigenvalue weighted by atomic mass is 79.9. The third kappa shape index (κ3) is 3.77. The van der Waals surface area contributed by atoms with Crippen LogP contribution in [0.5, 0.6) is 0 Å². The van der Waals surface area contributed by atoms with Crippen molar-refractivity contribution in [2.45, 2.75) is 25.1 Å². The number of aliphatic hydroxyl groups excluding tert-OH is 1. The summed E-state index contributed by atoms with van der Waals surface area (Å²) < 4.78 is 6.57. The molecule has 5 heteroatoms. The molecule has 0 bridgehead atoms. The van der Waals surface area contributed by atoms with E-state index in [1.54, 1.807) is 0 Å². The highest BCUT2D eigenvalue weighted by molar-refractivity contribution is 9.10. The van der Waals surface area contributed by atoms with Gasteiger partial charge < -0.3 is 15.6 Å². The zero-order valence-corrected chi connectivity index (χ0v) is 12.7. The van der Waals surface area contributed by atoms with E-state index in [1.165, 1.54) is 5.56 Å². The molecule has 3 N–H and O–H groups in total. The van der Waals surface area contributed by atoms with Gasteiger partial charge in [0.05, 0.1) is 19.3 Å². The van der Waals surface area contributed by atoms with Gasteiger partial charge in [0.25, 0.3) is 0 Å². The van der Waals surface area contributed by atoms with Crippen LogP contribution in [0.4, 0.5) is 0 Å². The molecule has 3 atom stereocenters. The van der Waals surface area contributed by atoms with Gasteiger partial charge in [-0.15, -0.1) is 0 Å². The highest BCUT2D eigenvalue weighted by Crippen LogP contribution is 2.26. The number of nitrogens with zero attached hydrogens (tertiary/aromatic N) is 1. The van der Waals surface area contributed by atoms with Crippen molar-refractivity contribution in [3.63, 3.8) is 0 Å². The van der Waals surface area contributed by atoms with Gasteiger partial charge in [0.1, 0.15) is 0 Å². The van der Waals surface area contributed by atoms with E-state index in [4.69, 9.17) is 10.5 Å². The molecular weight excluding hydrogens is 308 g/mol. The number of hydrogen-bond donors (Lipinski definition) is 2. The quantitative estimate of drug-likeness (QED) is 0.880. The van der Waals surface area contributed by atoms with Crippen molar-refractivity contribution in [3.8, 4) is 0 Å². The summed E-state index contributed by atoms with van der Waals surface area (Å²) in [4.78, 5) is 2.30. The first kappa shape index (κ1) is 14.9. The van der Waals surface area contributed by atoms with Crippen molar-refractivity contribution in [1.29, 1.82) is 0 Å². The summed E-state index contributed by atoms with van der Waals surface area (Å²) in [6.45, 7) is 4.29. The first-order valence-corrected chi connectivity index (χ1v) is 7.38. The molecule has 106 valence electrons. The van der Waals surface area contributed by atoms with Crippen LogP contribution in [0.2, 0.25) is 0 Å². The van der Waals surface area contributed by atoms with Crippen LogP contribution in [0, 0.1) is 0 Å². The Morgan fingerprint density at radius 1 is 1.47 bits per heavy atom. The number of ether oxygens (including phenoxy) is 1. The molecule has 1 aromatic rings. The van der Waals surface area contributed by atoms with Crippen LogP contribution in [-0.2, 0) is 4.74 Å². The fourth-order valence-electron chi connectivity index (χ4n) is 2.61. The SMILES string of the molecule is CC(N)C(c1ccc(Br)cc1)N1CCOC(CO)C1. The molecule has 0 aliphatic carbocycles. The number of nitrogens with two attached hydrogens (primary N) is 1. The summed E-state index contributed by atoms with van der Waals surface area (Å²) in [5.74, 6) is 0. The Labute approximate surface area is 122 Å². The number of halogens is 1. The Bertz CT molecular complexity index is 397. The Morgan fingerprint density at radius 2 is 2.16 bits per heavy atom. The molecule has 19 heavy (non-hydrogen) atoms. The minimum Gasteiger partial charge on any atom is -0.394 e. The van der Waals surface area contributed by atoms with Crippen LogP contribution in [0.3, 0.4) is 0 Å². The van der Waals surface area contributed by atoms with E-state index in [0.717, 1.165) is 17.6 Å². The van der Waals surface area contributed by atoms with Crippen molar-refractivity contribution in [3.05, 3.63) is 34.3 Å². The lowest BCUT2D eigenvalue weighted by Crippen LogP contribution is -2.49. The lowest BCUT2D eigenvalue weighted by molar-refractivity contribution is -0.0675. The van der Waals surface area contributed by atoms with Gasteiger partial charge in [-0.2, -0.15) is 0 Å². The van der Waals surface area contributed by atoms with Crippen LogP contribution in [0.25, 0.3) is 0 Å². The maximum atomic E-state index is 9.25. The predicted octanol–water partition coefficient (Wildman–Crippen LogP) is 1.53. The van der Waals surface area contributed by atoms with E-state index in [9.17, 15) is 5.11 Å². The smallest absolute Gasteiger partial charge is 0.0933 e. The lowest BCUT2D eigenvalue weighted by atomic mass is 9.98. The molecule has 1 aliphatic heterocycles. The Hall–Kier alpha value is -0.460. The van der Waals surface area contributed by atoms with Crippen LogP contribution in [0.15, 0.2) is 28.7 Å². The normalized spacial score (nSPS) is 24.1. The van der Waals surface area contributed by atoms with E-state index in [2.05, 4.69) is 33.0 Å². The predicted molar refractivity (Wildman–Crippen MR) is 78.9 cm³/mol. The molecule has 1 heterocycles. The third-order valence-corrected chi connectivity index (χ3v) is 4.01. The van der Waals surface area contributed by atoms with Crippen LogP contribution >= 0.6 is 15.9 Å². The molecule has 1 aromatic carbocycles. The second kappa shape index (κ2) is 6.81. The topological polar surface area (TPSA) is 58.7 Å². The molecule has 1 aliphatic rings. The highest BCUT2D eigenvalue weighted by Gasteiger charge is 2.29. The minimum atomic E-state index is -0.106. The average Bonchev–Trinajstić information content (AvgIpc) is 2.41. The largest absolute Gasteiger partial charge is 0.394 e. The molecular formula is C14H21BrN2O2. The zero-order valence-electron chi connectivity index (χ0n) is 11.1. The number of hydrogen-bond acceptors (Lipinski definition) is 4. The minimum absolute atomic E-state index is 0.0265. The van der Waals surface area contributed by atoms with Crippen molar-refractivity contribution in [1.82, 2.24) is 4.90 Å². The van der Waals surface area contributed by atoms with Gasteiger partial charge in [0.2, 0.25) is 0 Å². The first-order valence-electron chi connectivity index (χ1n) is 6.59. The van der Waals surface area contributed by atoms with Gasteiger partial charge in [-0.3, -0.25) is 4.90 Å². The van der Waals surface area contributed by atoms with E-state index < -0.39 is 0 Å². The van der Waals surface area contributed by atoms with Gasteiger partial charge in [-0.05, 0) is 24.6 Å². The van der Waals surface area contributed by atoms with Gasteiger partial charge in [0.15, 0.2) is 0 Å². The van der Waals surface area contributed by atoms with Crippen LogP contribution in [-0.4, -0.2) is 48.5 Å². The van der Waals surface area contributed by atoms with E-state index >= 15 is 0 Å². The van der Waals surface area contributed by atoms with E-state index in [1.807, 2.05) is 19.1 Å². The molecule has 0 radical (unpaired) electrons. The first-order chi connectivity index (χ1) is 9.11. The maximum Gasteiger partial charge on any atom is 0.0933 e. The monoisotopic (exact) mass is 328 g/mol.